The fraction of sp³-hybridized carbons (Fsp3) is 0.308. The van der Waals surface area contributed by atoms with Crippen LogP contribution in [-0.2, 0) is 17.6 Å². The molecule has 92 valence electrons. The third-order valence-electron chi connectivity index (χ3n) is 2.42. The molecule has 1 aromatic rings. The second-order valence-corrected chi connectivity index (χ2v) is 3.64. The fourth-order valence-corrected chi connectivity index (χ4v) is 1.49. The number of benzene rings is 1. The van der Waals surface area contributed by atoms with Crippen LogP contribution in [0.15, 0.2) is 30.9 Å². The zero-order valence-electron chi connectivity index (χ0n) is 10.0. The van der Waals surface area contributed by atoms with Crippen LogP contribution in [-0.4, -0.2) is 12.5 Å². The second-order valence-electron chi connectivity index (χ2n) is 3.64. The van der Waals surface area contributed by atoms with Crippen LogP contribution in [0.25, 0.3) is 0 Å². The van der Waals surface area contributed by atoms with E-state index < -0.39 is 0 Å². The Kier molecular flexibility index (Phi) is 5.23. The van der Waals surface area contributed by atoms with Gasteiger partial charge in [0.15, 0.2) is 6.61 Å². The molecule has 0 fully saturated rings. The zero-order valence-corrected chi connectivity index (χ0v) is 10.0. The molecule has 3 N–H and O–H groups in total. The summed E-state index contributed by atoms with van der Waals surface area (Å²) in [5, 5.41) is 0. The molecule has 4 heteroatoms. The summed E-state index contributed by atoms with van der Waals surface area (Å²) in [6.45, 7) is 5.72. The molecule has 0 bridgehead atoms. The van der Waals surface area contributed by atoms with Crippen LogP contribution in [0.3, 0.4) is 0 Å². The number of carbonyl (C=O) groups is 1. The lowest BCUT2D eigenvalue weighted by Gasteiger charge is -2.11. The largest absolute Gasteiger partial charge is 0.483 e. The van der Waals surface area contributed by atoms with Gasteiger partial charge in [-0.2, -0.15) is 0 Å². The first-order chi connectivity index (χ1) is 8.21. The number of nitrogens with one attached hydrogen (secondary N) is 1. The monoisotopic (exact) mass is 234 g/mol. The van der Waals surface area contributed by atoms with Crippen molar-refractivity contribution in [2.75, 3.05) is 6.61 Å². The van der Waals surface area contributed by atoms with Gasteiger partial charge in [0.25, 0.3) is 5.91 Å². The lowest BCUT2D eigenvalue weighted by atomic mass is 10.1. The Hall–Kier alpha value is -1.81. The van der Waals surface area contributed by atoms with E-state index in [9.17, 15) is 4.79 Å². The number of aryl methyl sites for hydroxylation is 1. The first kappa shape index (κ1) is 13.3. The molecule has 0 atom stereocenters. The summed E-state index contributed by atoms with van der Waals surface area (Å²) in [6.07, 6.45) is 3.49. The Labute approximate surface area is 101 Å². The van der Waals surface area contributed by atoms with Gasteiger partial charge in [-0.1, -0.05) is 25.1 Å². The third kappa shape index (κ3) is 3.92. The van der Waals surface area contributed by atoms with Gasteiger partial charge in [0.2, 0.25) is 0 Å². The zero-order chi connectivity index (χ0) is 12.7. The highest BCUT2D eigenvalue weighted by molar-refractivity contribution is 5.76. The lowest BCUT2D eigenvalue weighted by Crippen LogP contribution is -2.34. The summed E-state index contributed by atoms with van der Waals surface area (Å²) in [7, 11) is 0. The van der Waals surface area contributed by atoms with E-state index in [0.717, 1.165) is 12.0 Å². The topological polar surface area (TPSA) is 64.3 Å². The number of ether oxygens (including phenoxy) is 1. The van der Waals surface area contributed by atoms with Gasteiger partial charge in [-0.3, -0.25) is 10.2 Å². The summed E-state index contributed by atoms with van der Waals surface area (Å²) in [6, 6.07) is 5.93. The Morgan fingerprint density at radius 1 is 1.59 bits per heavy atom. The van der Waals surface area contributed by atoms with Crippen LogP contribution in [0.4, 0.5) is 0 Å². The molecule has 1 amide bonds. The SMILES string of the molecule is C=CCc1cc(CC)ccc1OCC(=O)NN. The molecule has 0 aromatic heterocycles. The van der Waals surface area contributed by atoms with Crippen molar-refractivity contribution in [2.24, 2.45) is 5.84 Å². The molecular weight excluding hydrogens is 216 g/mol. The van der Waals surface area contributed by atoms with Gasteiger partial charge < -0.3 is 4.74 Å². The van der Waals surface area contributed by atoms with Gasteiger partial charge in [-0.15, -0.1) is 6.58 Å². The Morgan fingerprint density at radius 3 is 2.94 bits per heavy atom. The van der Waals surface area contributed by atoms with Gasteiger partial charge in [-0.05, 0) is 30.0 Å². The molecule has 0 spiro atoms. The number of carbonyl (C=O) groups excluding carboxylic acids is 1. The third-order valence-corrected chi connectivity index (χ3v) is 2.42. The quantitative estimate of drug-likeness (QED) is 0.338. The average Bonchev–Trinajstić information content (AvgIpc) is 2.37. The number of amides is 1. The van der Waals surface area contributed by atoms with Crippen LogP contribution in [0.5, 0.6) is 5.75 Å². The normalized spacial score (nSPS) is 9.76. The molecule has 0 saturated carbocycles. The minimum absolute atomic E-state index is 0.0773. The Balaban J connectivity index is 2.82. The smallest absolute Gasteiger partial charge is 0.271 e. The van der Waals surface area contributed by atoms with E-state index in [0.29, 0.717) is 12.2 Å². The Morgan fingerprint density at radius 2 is 2.35 bits per heavy atom. The standard InChI is InChI=1S/C13H18N2O2/c1-3-5-11-8-10(4-2)6-7-12(11)17-9-13(16)15-14/h3,6-8H,1,4-5,9,14H2,2H3,(H,15,16). The first-order valence-corrected chi connectivity index (χ1v) is 5.56. The predicted molar refractivity (Wildman–Crippen MR) is 67.5 cm³/mol. The van der Waals surface area contributed by atoms with E-state index in [-0.39, 0.29) is 12.5 Å². The Bertz CT molecular complexity index is 402. The summed E-state index contributed by atoms with van der Waals surface area (Å²) in [4.78, 5) is 11.0. The number of hydrogen-bond donors (Lipinski definition) is 2. The van der Waals surface area contributed by atoms with Crippen molar-refractivity contribution in [3.63, 3.8) is 0 Å². The van der Waals surface area contributed by atoms with Crippen molar-refractivity contribution in [3.8, 4) is 5.75 Å². The van der Waals surface area contributed by atoms with Gasteiger partial charge >= 0.3 is 0 Å². The predicted octanol–water partition coefficient (Wildman–Crippen LogP) is 1.35. The molecule has 4 nitrogen and oxygen atoms in total. The van der Waals surface area contributed by atoms with Crippen LogP contribution < -0.4 is 16.0 Å². The van der Waals surface area contributed by atoms with Gasteiger partial charge in [-0.25, -0.2) is 5.84 Å². The minimum atomic E-state index is -0.353. The van der Waals surface area contributed by atoms with Crippen molar-refractivity contribution in [1.29, 1.82) is 0 Å². The first-order valence-electron chi connectivity index (χ1n) is 5.56. The average molecular weight is 234 g/mol. The van der Waals surface area contributed by atoms with Gasteiger partial charge in [0.1, 0.15) is 5.75 Å². The molecule has 17 heavy (non-hydrogen) atoms. The molecule has 1 aromatic carbocycles. The van der Waals surface area contributed by atoms with Gasteiger partial charge in [0, 0.05) is 0 Å². The highest BCUT2D eigenvalue weighted by Gasteiger charge is 2.06. The maximum Gasteiger partial charge on any atom is 0.271 e. The highest BCUT2D eigenvalue weighted by Crippen LogP contribution is 2.21. The van der Waals surface area contributed by atoms with Crippen LogP contribution in [0.2, 0.25) is 0 Å². The number of hydrogen-bond acceptors (Lipinski definition) is 3. The molecule has 0 aliphatic heterocycles. The van der Waals surface area contributed by atoms with E-state index in [1.807, 2.05) is 23.6 Å². The van der Waals surface area contributed by atoms with E-state index in [1.54, 1.807) is 0 Å². The molecule has 0 unspecified atom stereocenters. The van der Waals surface area contributed by atoms with E-state index >= 15 is 0 Å². The maximum absolute atomic E-state index is 11.0. The molecule has 0 aliphatic carbocycles. The van der Waals surface area contributed by atoms with Crippen molar-refractivity contribution >= 4 is 5.91 Å². The molecule has 0 aliphatic rings. The van der Waals surface area contributed by atoms with E-state index in [2.05, 4.69) is 19.6 Å². The molecule has 0 heterocycles. The van der Waals surface area contributed by atoms with Crippen LogP contribution in [0.1, 0.15) is 18.1 Å². The minimum Gasteiger partial charge on any atom is -0.483 e. The number of hydrazine groups is 1. The highest BCUT2D eigenvalue weighted by atomic mass is 16.5. The van der Waals surface area contributed by atoms with Crippen LogP contribution in [0, 0.1) is 0 Å². The van der Waals surface area contributed by atoms with Crippen molar-refractivity contribution in [3.05, 3.63) is 42.0 Å². The van der Waals surface area contributed by atoms with Crippen molar-refractivity contribution in [1.82, 2.24) is 5.43 Å². The lowest BCUT2D eigenvalue weighted by molar-refractivity contribution is -0.123. The second kappa shape index (κ2) is 6.70. The van der Waals surface area contributed by atoms with Gasteiger partial charge in [0.05, 0.1) is 0 Å². The molecule has 1 rings (SSSR count). The summed E-state index contributed by atoms with van der Waals surface area (Å²) in [5.74, 6) is 5.33. The number of nitrogens with two attached hydrogens (primary N) is 1. The summed E-state index contributed by atoms with van der Waals surface area (Å²) < 4.78 is 5.40. The summed E-state index contributed by atoms with van der Waals surface area (Å²) in [5.41, 5.74) is 4.29. The fourth-order valence-electron chi connectivity index (χ4n) is 1.49. The van der Waals surface area contributed by atoms with Crippen LogP contribution >= 0.6 is 0 Å². The van der Waals surface area contributed by atoms with E-state index in [4.69, 9.17) is 10.6 Å². The van der Waals surface area contributed by atoms with E-state index in [1.165, 1.54) is 5.56 Å². The molecule has 0 saturated heterocycles. The van der Waals surface area contributed by atoms with Crippen molar-refractivity contribution < 1.29 is 9.53 Å². The number of rotatable bonds is 6. The van der Waals surface area contributed by atoms with Crippen molar-refractivity contribution in [2.45, 2.75) is 19.8 Å². The summed E-state index contributed by atoms with van der Waals surface area (Å²) >= 11 is 0. The molecule has 0 radical (unpaired) electrons. The molecular formula is C13H18N2O2. The maximum atomic E-state index is 11.0. The number of allylic oxidation sites excluding steroid dienone is 1.